The zero-order chi connectivity index (χ0) is 16.5. The highest BCUT2D eigenvalue weighted by Crippen LogP contribution is 2.15. The summed E-state index contributed by atoms with van der Waals surface area (Å²) in [4.78, 5) is 13.8. The van der Waals surface area contributed by atoms with Crippen LogP contribution in [0.3, 0.4) is 0 Å². The molecule has 1 aromatic rings. The van der Waals surface area contributed by atoms with Crippen molar-refractivity contribution in [3.05, 3.63) is 18.0 Å². The summed E-state index contributed by atoms with van der Waals surface area (Å²) in [6.45, 7) is 12.2. The number of rotatable bonds is 9. The predicted octanol–water partition coefficient (Wildman–Crippen LogP) is 1.35. The van der Waals surface area contributed by atoms with Gasteiger partial charge in [0.2, 0.25) is 5.95 Å². The van der Waals surface area contributed by atoms with Gasteiger partial charge in [0.15, 0.2) is 0 Å². The van der Waals surface area contributed by atoms with Gasteiger partial charge in [-0.25, -0.2) is 9.97 Å². The molecule has 1 aliphatic heterocycles. The molecule has 1 N–H and O–H groups in total. The molecular weight excluding hydrogens is 290 g/mol. The summed E-state index contributed by atoms with van der Waals surface area (Å²) >= 11 is 0. The second kappa shape index (κ2) is 9.80. The van der Waals surface area contributed by atoms with E-state index in [-0.39, 0.29) is 0 Å². The minimum atomic E-state index is 0.483. The minimum Gasteiger partial charge on any atom is -0.380 e. The van der Waals surface area contributed by atoms with E-state index in [2.05, 4.69) is 38.9 Å². The van der Waals surface area contributed by atoms with Crippen LogP contribution in [-0.4, -0.2) is 74.4 Å². The van der Waals surface area contributed by atoms with Gasteiger partial charge in [-0.3, -0.25) is 4.90 Å². The number of likely N-dealkylation sites (N-methyl/N-ethyl adjacent to an activating group) is 1. The van der Waals surface area contributed by atoms with Gasteiger partial charge in [0.25, 0.3) is 0 Å². The van der Waals surface area contributed by atoms with Crippen molar-refractivity contribution in [2.45, 2.75) is 26.2 Å². The standard InChI is InChI=1S/C17H31N5O/c1-15(2)16-13-19-17(20-14-16)22-9-7-21(8-10-22)6-4-11-23-12-5-18-3/h13-15,18H,4-12H2,1-3H3. The molecule has 23 heavy (non-hydrogen) atoms. The second-order valence-corrected chi connectivity index (χ2v) is 6.37. The van der Waals surface area contributed by atoms with Gasteiger partial charge < -0.3 is 15.0 Å². The van der Waals surface area contributed by atoms with Crippen molar-refractivity contribution < 1.29 is 4.74 Å². The van der Waals surface area contributed by atoms with Crippen molar-refractivity contribution in [3.8, 4) is 0 Å². The predicted molar refractivity (Wildman–Crippen MR) is 94.1 cm³/mol. The van der Waals surface area contributed by atoms with Crippen molar-refractivity contribution in [1.29, 1.82) is 0 Å². The quantitative estimate of drug-likeness (QED) is 0.693. The Morgan fingerprint density at radius 3 is 2.43 bits per heavy atom. The average Bonchev–Trinajstić information content (AvgIpc) is 2.58. The first-order chi connectivity index (χ1) is 11.2. The molecule has 0 aromatic carbocycles. The van der Waals surface area contributed by atoms with Crippen LogP contribution in [0, 0.1) is 0 Å². The normalized spacial score (nSPS) is 16.3. The smallest absolute Gasteiger partial charge is 0.225 e. The fourth-order valence-electron chi connectivity index (χ4n) is 2.63. The van der Waals surface area contributed by atoms with Crippen LogP contribution >= 0.6 is 0 Å². The second-order valence-electron chi connectivity index (χ2n) is 6.37. The van der Waals surface area contributed by atoms with Crippen LogP contribution in [0.15, 0.2) is 12.4 Å². The Kier molecular flexibility index (Phi) is 7.71. The summed E-state index contributed by atoms with van der Waals surface area (Å²) in [5, 5.41) is 3.09. The average molecular weight is 321 g/mol. The highest BCUT2D eigenvalue weighted by molar-refractivity contribution is 5.31. The largest absolute Gasteiger partial charge is 0.380 e. The Bertz CT molecular complexity index is 429. The molecule has 1 fully saturated rings. The molecule has 0 bridgehead atoms. The lowest BCUT2D eigenvalue weighted by Gasteiger charge is -2.34. The van der Waals surface area contributed by atoms with E-state index in [1.165, 1.54) is 5.56 Å². The molecule has 0 atom stereocenters. The molecule has 6 nitrogen and oxygen atoms in total. The van der Waals surface area contributed by atoms with Crippen molar-refractivity contribution >= 4 is 5.95 Å². The molecule has 6 heteroatoms. The maximum atomic E-state index is 5.57. The number of nitrogens with zero attached hydrogens (tertiary/aromatic N) is 4. The molecule has 0 aliphatic carbocycles. The molecule has 1 aliphatic rings. The zero-order valence-corrected chi connectivity index (χ0v) is 14.8. The van der Waals surface area contributed by atoms with Gasteiger partial charge in [0.1, 0.15) is 0 Å². The van der Waals surface area contributed by atoms with Crippen LogP contribution in [0.4, 0.5) is 5.95 Å². The van der Waals surface area contributed by atoms with Gasteiger partial charge in [0, 0.05) is 58.3 Å². The third-order valence-electron chi connectivity index (χ3n) is 4.24. The first kappa shape index (κ1) is 18.1. The molecule has 0 unspecified atom stereocenters. The summed E-state index contributed by atoms with van der Waals surface area (Å²) in [5.74, 6) is 1.35. The molecule has 1 saturated heterocycles. The van der Waals surface area contributed by atoms with Crippen molar-refractivity contribution in [3.63, 3.8) is 0 Å². The molecule has 1 aromatic heterocycles. The number of nitrogens with one attached hydrogen (secondary N) is 1. The molecule has 2 rings (SSSR count). The van der Waals surface area contributed by atoms with Gasteiger partial charge in [0.05, 0.1) is 6.61 Å². The number of aromatic nitrogens is 2. The Labute approximate surface area is 140 Å². The first-order valence-electron chi connectivity index (χ1n) is 8.72. The van der Waals surface area contributed by atoms with E-state index in [4.69, 9.17) is 4.74 Å². The van der Waals surface area contributed by atoms with Crippen LogP contribution in [0.1, 0.15) is 31.7 Å². The van der Waals surface area contributed by atoms with Gasteiger partial charge in [-0.2, -0.15) is 0 Å². The third kappa shape index (κ3) is 6.05. The Hall–Kier alpha value is -1.24. The summed E-state index contributed by atoms with van der Waals surface area (Å²) in [5.41, 5.74) is 1.20. The fourth-order valence-corrected chi connectivity index (χ4v) is 2.63. The van der Waals surface area contributed by atoms with Crippen LogP contribution in [0.2, 0.25) is 0 Å². The summed E-state index contributed by atoms with van der Waals surface area (Å²) in [6, 6.07) is 0. The lowest BCUT2D eigenvalue weighted by molar-refractivity contribution is 0.122. The van der Waals surface area contributed by atoms with E-state index >= 15 is 0 Å². The monoisotopic (exact) mass is 321 g/mol. The highest BCUT2D eigenvalue weighted by Gasteiger charge is 2.18. The topological polar surface area (TPSA) is 53.5 Å². The maximum Gasteiger partial charge on any atom is 0.225 e. The summed E-state index contributed by atoms with van der Waals surface area (Å²) < 4.78 is 5.57. The highest BCUT2D eigenvalue weighted by atomic mass is 16.5. The molecular formula is C17H31N5O. The molecule has 130 valence electrons. The summed E-state index contributed by atoms with van der Waals surface area (Å²) in [7, 11) is 1.95. The van der Waals surface area contributed by atoms with E-state index in [0.29, 0.717) is 5.92 Å². The molecule has 0 amide bonds. The van der Waals surface area contributed by atoms with Crippen molar-refractivity contribution in [2.75, 3.05) is 64.4 Å². The lowest BCUT2D eigenvalue weighted by atomic mass is 10.1. The van der Waals surface area contributed by atoms with Gasteiger partial charge in [-0.05, 0) is 24.9 Å². The van der Waals surface area contributed by atoms with Crippen molar-refractivity contribution in [2.24, 2.45) is 0 Å². The van der Waals surface area contributed by atoms with Gasteiger partial charge in [-0.15, -0.1) is 0 Å². The fraction of sp³-hybridized carbons (Fsp3) is 0.765. The lowest BCUT2D eigenvalue weighted by Crippen LogP contribution is -2.47. The maximum absolute atomic E-state index is 5.57. The molecule has 2 heterocycles. The molecule has 0 spiro atoms. The van der Waals surface area contributed by atoms with E-state index < -0.39 is 0 Å². The van der Waals surface area contributed by atoms with E-state index in [1.54, 1.807) is 0 Å². The number of ether oxygens (including phenoxy) is 1. The molecule has 0 saturated carbocycles. The van der Waals surface area contributed by atoms with Crippen LogP contribution in [0.5, 0.6) is 0 Å². The zero-order valence-electron chi connectivity index (χ0n) is 14.8. The number of piperazine rings is 1. The van der Waals surface area contributed by atoms with E-state index in [9.17, 15) is 0 Å². The first-order valence-corrected chi connectivity index (χ1v) is 8.72. The van der Waals surface area contributed by atoms with Crippen molar-refractivity contribution in [1.82, 2.24) is 20.2 Å². The summed E-state index contributed by atoms with van der Waals surface area (Å²) in [6.07, 6.45) is 5.02. The van der Waals surface area contributed by atoms with Crippen LogP contribution in [-0.2, 0) is 4.74 Å². The Morgan fingerprint density at radius 1 is 1.13 bits per heavy atom. The third-order valence-corrected chi connectivity index (χ3v) is 4.24. The van der Waals surface area contributed by atoms with Gasteiger partial charge in [-0.1, -0.05) is 13.8 Å². The van der Waals surface area contributed by atoms with Crippen LogP contribution < -0.4 is 10.2 Å². The SMILES string of the molecule is CNCCOCCCN1CCN(c2ncc(C(C)C)cn2)CC1. The van der Waals surface area contributed by atoms with E-state index in [0.717, 1.165) is 64.9 Å². The minimum absolute atomic E-state index is 0.483. The Balaban J connectivity index is 1.65. The van der Waals surface area contributed by atoms with Gasteiger partial charge >= 0.3 is 0 Å². The molecule has 0 radical (unpaired) electrons. The Morgan fingerprint density at radius 2 is 1.83 bits per heavy atom. The number of hydrogen-bond donors (Lipinski definition) is 1. The number of hydrogen-bond acceptors (Lipinski definition) is 6. The number of anilines is 1. The van der Waals surface area contributed by atoms with E-state index in [1.807, 2.05) is 19.4 Å². The van der Waals surface area contributed by atoms with Crippen LogP contribution in [0.25, 0.3) is 0 Å².